The van der Waals surface area contributed by atoms with Crippen molar-refractivity contribution in [2.24, 2.45) is 17.3 Å². The van der Waals surface area contributed by atoms with E-state index in [9.17, 15) is 19.8 Å². The van der Waals surface area contributed by atoms with Crippen LogP contribution in [0.5, 0.6) is 0 Å². The van der Waals surface area contributed by atoms with Crippen LogP contribution >= 0.6 is 0 Å². The molecular weight excluding hydrogens is 463 g/mol. The Kier molecular flexibility index (Phi) is 7.98. The first kappa shape index (κ1) is 26.9. The third-order valence-electron chi connectivity index (χ3n) is 8.72. The van der Waals surface area contributed by atoms with E-state index in [1.54, 1.807) is 31.3 Å². The van der Waals surface area contributed by atoms with Crippen molar-refractivity contribution in [3.05, 3.63) is 35.9 Å². The second kappa shape index (κ2) is 10.7. The number of nitrogens with one attached hydrogen (secondary N) is 1. The Morgan fingerprint density at radius 2 is 1.94 bits per heavy atom. The van der Waals surface area contributed by atoms with E-state index in [1.165, 1.54) is 6.08 Å². The molecule has 1 aromatic rings. The number of carbonyl (C=O) groups excluding carboxylic acids is 2. The topological polar surface area (TPSA) is 112 Å². The van der Waals surface area contributed by atoms with Gasteiger partial charge in [-0.2, -0.15) is 0 Å². The minimum atomic E-state index is -1.19. The summed E-state index contributed by atoms with van der Waals surface area (Å²) in [5.41, 5.74) is -1.02. The summed E-state index contributed by atoms with van der Waals surface area (Å²) in [6.45, 7) is 5.64. The molecule has 1 saturated carbocycles. The van der Waals surface area contributed by atoms with Crippen molar-refractivity contribution in [3.8, 4) is 0 Å². The quantitative estimate of drug-likeness (QED) is 0.532. The highest BCUT2D eigenvalue weighted by Gasteiger charge is 2.54. The van der Waals surface area contributed by atoms with Gasteiger partial charge in [-0.1, -0.05) is 32.8 Å². The van der Waals surface area contributed by atoms with Crippen molar-refractivity contribution in [1.82, 2.24) is 10.3 Å². The lowest BCUT2D eigenvalue weighted by atomic mass is 9.58. The maximum Gasteiger partial charge on any atom is 0.223 e. The molecule has 36 heavy (non-hydrogen) atoms. The fourth-order valence-corrected chi connectivity index (χ4v) is 5.94. The maximum atomic E-state index is 15.4. The van der Waals surface area contributed by atoms with Gasteiger partial charge in [0.15, 0.2) is 0 Å². The van der Waals surface area contributed by atoms with Crippen LogP contribution in [0, 0.1) is 17.3 Å². The second-order valence-electron chi connectivity index (χ2n) is 11.3. The molecule has 2 unspecified atom stereocenters. The van der Waals surface area contributed by atoms with Crippen molar-refractivity contribution < 1.29 is 28.9 Å². The standard InChI is InChI=1S/C28H39FN2O5/c1-17-8-6-10-27(3)23(36-27)15-21(20(29)14-19-9-4-5-13-30-19)31-24(33)16-22(32)28(11-7-12-28)26(35)18(2)25(17)34/h4-5,9,13-14,17-18,21-23,25,32,34H,6-8,10-12,15-16H2,1-3H3,(H,31,33)/t17-,18+,21-,22-,23?,25-,27?/m0/s1. The third kappa shape index (κ3) is 5.55. The van der Waals surface area contributed by atoms with Crippen LogP contribution in [0.3, 0.4) is 0 Å². The van der Waals surface area contributed by atoms with E-state index in [0.717, 1.165) is 25.7 Å². The molecule has 0 bridgehead atoms. The zero-order valence-corrected chi connectivity index (χ0v) is 21.5. The molecule has 3 fully saturated rings. The molecule has 7 atom stereocenters. The zero-order valence-electron chi connectivity index (χ0n) is 21.5. The van der Waals surface area contributed by atoms with Gasteiger partial charge < -0.3 is 20.3 Å². The number of ether oxygens (including phenoxy) is 1. The lowest BCUT2D eigenvalue weighted by Gasteiger charge is -2.46. The lowest BCUT2D eigenvalue weighted by molar-refractivity contribution is -0.154. The van der Waals surface area contributed by atoms with Crippen LogP contribution < -0.4 is 5.32 Å². The molecule has 1 spiro atoms. The highest BCUT2D eigenvalue weighted by molar-refractivity contribution is 5.89. The highest BCUT2D eigenvalue weighted by Crippen LogP contribution is 2.49. The molecule has 3 aliphatic rings. The summed E-state index contributed by atoms with van der Waals surface area (Å²) in [4.78, 5) is 30.6. The van der Waals surface area contributed by atoms with Gasteiger partial charge in [-0.3, -0.25) is 14.6 Å². The molecule has 3 heterocycles. The van der Waals surface area contributed by atoms with Gasteiger partial charge in [0.1, 0.15) is 11.6 Å². The number of aliphatic hydroxyl groups is 2. The van der Waals surface area contributed by atoms with Gasteiger partial charge >= 0.3 is 0 Å². The van der Waals surface area contributed by atoms with Crippen molar-refractivity contribution in [1.29, 1.82) is 0 Å². The minimum Gasteiger partial charge on any atom is -0.392 e. The summed E-state index contributed by atoms with van der Waals surface area (Å²) in [5.74, 6) is -1.97. The molecule has 1 aliphatic carbocycles. The number of aromatic nitrogens is 1. The van der Waals surface area contributed by atoms with Crippen molar-refractivity contribution >= 4 is 17.8 Å². The first-order valence-electron chi connectivity index (χ1n) is 13.2. The largest absolute Gasteiger partial charge is 0.392 e. The van der Waals surface area contributed by atoms with Crippen LogP contribution in [0.4, 0.5) is 4.39 Å². The van der Waals surface area contributed by atoms with Crippen LogP contribution in [0.2, 0.25) is 0 Å². The SMILES string of the molecule is C[C@H]1CCCC2(C)OC2C[C@@H](C(F)=Cc2ccccn2)NC(=O)C[C@H](O)C2(CCC2)C(=O)[C@H](C)[C@H]1O. The molecule has 0 radical (unpaired) electrons. The Bertz CT molecular complexity index is 981. The smallest absolute Gasteiger partial charge is 0.223 e. The molecule has 4 rings (SSSR count). The normalized spacial score (nSPS) is 38.1. The monoisotopic (exact) mass is 502 g/mol. The Morgan fingerprint density at radius 3 is 2.58 bits per heavy atom. The molecule has 2 saturated heterocycles. The Hall–Kier alpha value is -2.16. The van der Waals surface area contributed by atoms with E-state index >= 15 is 4.39 Å². The summed E-state index contributed by atoms with van der Waals surface area (Å²) < 4.78 is 21.3. The number of pyridine rings is 1. The summed E-state index contributed by atoms with van der Waals surface area (Å²) in [6.07, 6.45) is 4.62. The Morgan fingerprint density at radius 1 is 1.19 bits per heavy atom. The van der Waals surface area contributed by atoms with E-state index in [2.05, 4.69) is 10.3 Å². The van der Waals surface area contributed by atoms with Crippen LogP contribution in [-0.4, -0.2) is 56.8 Å². The third-order valence-corrected chi connectivity index (χ3v) is 8.72. The number of nitrogens with zero attached hydrogens (tertiary/aromatic N) is 1. The van der Waals surface area contributed by atoms with Gasteiger partial charge in [-0.05, 0) is 56.7 Å². The molecule has 7 nitrogen and oxygen atoms in total. The predicted octanol–water partition coefficient (Wildman–Crippen LogP) is 3.73. The highest BCUT2D eigenvalue weighted by atomic mass is 19.1. The molecule has 1 amide bonds. The number of epoxide rings is 1. The number of Topliss-reactive ketones (excluding diaryl/α,β-unsaturated/α-hetero) is 1. The van der Waals surface area contributed by atoms with Crippen molar-refractivity contribution in [2.75, 3.05) is 0 Å². The number of rotatable bonds is 2. The van der Waals surface area contributed by atoms with E-state index in [0.29, 0.717) is 18.5 Å². The molecule has 1 aromatic heterocycles. The number of aliphatic hydroxyl groups excluding tert-OH is 2. The molecule has 3 N–H and O–H groups in total. The van der Waals surface area contributed by atoms with Gasteiger partial charge in [-0.15, -0.1) is 0 Å². The number of halogens is 1. The summed E-state index contributed by atoms with van der Waals surface area (Å²) in [6, 6.07) is 4.25. The molecule has 198 valence electrons. The number of ketones is 1. The molecule has 0 aromatic carbocycles. The first-order valence-corrected chi connectivity index (χ1v) is 13.2. The summed E-state index contributed by atoms with van der Waals surface area (Å²) >= 11 is 0. The first-order chi connectivity index (χ1) is 17.1. The average Bonchev–Trinajstić information content (AvgIpc) is 3.45. The van der Waals surface area contributed by atoms with Crippen LogP contribution in [-0.2, 0) is 14.3 Å². The molecule has 8 heteroatoms. The van der Waals surface area contributed by atoms with Gasteiger partial charge in [-0.25, -0.2) is 4.39 Å². The van der Waals surface area contributed by atoms with Crippen LogP contribution in [0.1, 0.15) is 77.8 Å². The van der Waals surface area contributed by atoms with E-state index in [4.69, 9.17) is 4.74 Å². The maximum absolute atomic E-state index is 15.4. The van der Waals surface area contributed by atoms with Gasteiger partial charge in [0.25, 0.3) is 0 Å². The summed E-state index contributed by atoms with van der Waals surface area (Å²) in [7, 11) is 0. The van der Waals surface area contributed by atoms with Crippen molar-refractivity contribution in [3.63, 3.8) is 0 Å². The second-order valence-corrected chi connectivity index (χ2v) is 11.3. The summed E-state index contributed by atoms with van der Waals surface area (Å²) in [5, 5.41) is 24.7. The van der Waals surface area contributed by atoms with Crippen LogP contribution in [0.25, 0.3) is 6.08 Å². The fraction of sp³-hybridized carbons (Fsp3) is 0.679. The lowest BCUT2D eigenvalue weighted by Crippen LogP contribution is -2.54. The number of hydrogen-bond donors (Lipinski definition) is 3. The number of amides is 1. The number of carbonyl (C=O) groups is 2. The number of hydrogen-bond acceptors (Lipinski definition) is 6. The zero-order chi connectivity index (χ0) is 26.1. The molecular formula is C28H39FN2O5. The van der Waals surface area contributed by atoms with Gasteiger partial charge in [0, 0.05) is 18.5 Å². The van der Waals surface area contributed by atoms with E-state index in [-0.39, 0.29) is 30.6 Å². The minimum absolute atomic E-state index is 0.0956. The molecule has 2 aliphatic heterocycles. The average molecular weight is 503 g/mol. The fourth-order valence-electron chi connectivity index (χ4n) is 5.94. The van der Waals surface area contributed by atoms with E-state index < -0.39 is 46.9 Å². The van der Waals surface area contributed by atoms with Gasteiger partial charge in [0.2, 0.25) is 5.91 Å². The van der Waals surface area contributed by atoms with E-state index in [1.807, 2.05) is 13.8 Å². The predicted molar refractivity (Wildman–Crippen MR) is 133 cm³/mol. The van der Waals surface area contributed by atoms with Crippen LogP contribution in [0.15, 0.2) is 30.2 Å². The Balaban J connectivity index is 1.58. The number of fused-ring (bicyclic) bond motifs is 1. The Labute approximate surface area is 212 Å². The van der Waals surface area contributed by atoms with Crippen molar-refractivity contribution in [2.45, 2.75) is 102 Å². The van der Waals surface area contributed by atoms with Gasteiger partial charge in [0.05, 0.1) is 47.5 Å².